The van der Waals surface area contributed by atoms with Crippen molar-refractivity contribution >= 4 is 17.1 Å². The molecule has 19 heavy (non-hydrogen) atoms. The summed E-state index contributed by atoms with van der Waals surface area (Å²) in [5.74, 6) is 0.386. The van der Waals surface area contributed by atoms with E-state index in [-0.39, 0.29) is 5.82 Å². The lowest BCUT2D eigenvalue weighted by molar-refractivity contribution is 0.416. The Balaban J connectivity index is 2.43. The van der Waals surface area contributed by atoms with Crippen molar-refractivity contribution in [1.82, 2.24) is 0 Å². The molecule has 0 unspecified atom stereocenters. The van der Waals surface area contributed by atoms with Gasteiger partial charge in [0.25, 0.3) is 0 Å². The first-order valence-electron chi connectivity index (χ1n) is 5.98. The number of hydrogen-bond acceptors (Lipinski definition) is 3. The van der Waals surface area contributed by atoms with Gasteiger partial charge in [-0.1, -0.05) is 6.07 Å². The average molecular weight is 260 g/mol. The molecule has 2 aromatic carbocycles. The van der Waals surface area contributed by atoms with Gasteiger partial charge in [0, 0.05) is 0 Å². The van der Waals surface area contributed by atoms with Crippen molar-refractivity contribution in [2.24, 2.45) is 0 Å². The third kappa shape index (κ3) is 2.78. The fraction of sp³-hybridized carbons (Fsp3) is 0.200. The minimum Gasteiger partial charge on any atom is -0.495 e. The Morgan fingerprint density at radius 1 is 1.16 bits per heavy atom. The van der Waals surface area contributed by atoms with Gasteiger partial charge in [-0.25, -0.2) is 4.39 Å². The second-order valence-corrected chi connectivity index (χ2v) is 4.52. The molecule has 0 aliphatic heterocycles. The number of halogens is 1. The summed E-state index contributed by atoms with van der Waals surface area (Å²) in [5, 5.41) is 3.20. The van der Waals surface area contributed by atoms with Crippen LogP contribution in [0.2, 0.25) is 0 Å². The van der Waals surface area contributed by atoms with Crippen molar-refractivity contribution in [3.8, 4) is 5.75 Å². The van der Waals surface area contributed by atoms with Gasteiger partial charge in [-0.2, -0.15) is 0 Å². The molecule has 0 aliphatic rings. The first kappa shape index (κ1) is 13.2. The Hall–Kier alpha value is -2.23. The summed E-state index contributed by atoms with van der Waals surface area (Å²) in [6.07, 6.45) is 0. The van der Waals surface area contributed by atoms with E-state index in [1.165, 1.54) is 12.1 Å². The number of ether oxygens (including phenoxy) is 1. The van der Waals surface area contributed by atoms with Gasteiger partial charge in [0.2, 0.25) is 0 Å². The maximum atomic E-state index is 13.0. The van der Waals surface area contributed by atoms with Crippen molar-refractivity contribution in [3.05, 3.63) is 47.3 Å². The number of aryl methyl sites for hydroxylation is 2. The zero-order valence-electron chi connectivity index (χ0n) is 11.3. The Bertz CT molecular complexity index is 611. The van der Waals surface area contributed by atoms with E-state index in [2.05, 4.69) is 5.32 Å². The zero-order chi connectivity index (χ0) is 14.0. The topological polar surface area (TPSA) is 47.3 Å². The standard InChI is InChI=1S/C15H17FN2O/c1-9-6-10(2)15(14(7-9)19-3)18-13-5-4-11(16)8-12(13)17/h4-8,18H,17H2,1-3H3. The molecule has 2 rings (SSSR count). The molecule has 4 heteroatoms. The van der Waals surface area contributed by atoms with Gasteiger partial charge in [0.15, 0.2) is 0 Å². The van der Waals surface area contributed by atoms with Crippen LogP contribution in [0.3, 0.4) is 0 Å². The van der Waals surface area contributed by atoms with Gasteiger partial charge < -0.3 is 15.8 Å². The summed E-state index contributed by atoms with van der Waals surface area (Å²) < 4.78 is 18.4. The first-order valence-corrected chi connectivity index (χ1v) is 5.98. The number of rotatable bonds is 3. The minimum atomic E-state index is -0.351. The van der Waals surface area contributed by atoms with Gasteiger partial charge in [-0.15, -0.1) is 0 Å². The average Bonchev–Trinajstić information content (AvgIpc) is 2.34. The van der Waals surface area contributed by atoms with E-state index < -0.39 is 0 Å². The maximum Gasteiger partial charge on any atom is 0.142 e. The Labute approximate surface area is 112 Å². The molecule has 3 N–H and O–H groups in total. The highest BCUT2D eigenvalue weighted by molar-refractivity contribution is 5.77. The molecule has 0 aromatic heterocycles. The van der Waals surface area contributed by atoms with Crippen LogP contribution < -0.4 is 15.8 Å². The number of benzene rings is 2. The number of nitrogens with two attached hydrogens (primary N) is 1. The van der Waals surface area contributed by atoms with E-state index in [0.717, 1.165) is 22.6 Å². The monoisotopic (exact) mass is 260 g/mol. The molecule has 0 atom stereocenters. The fourth-order valence-electron chi connectivity index (χ4n) is 2.03. The van der Waals surface area contributed by atoms with Crippen LogP contribution >= 0.6 is 0 Å². The molecule has 0 bridgehead atoms. The van der Waals surface area contributed by atoms with Crippen LogP contribution in [0.1, 0.15) is 11.1 Å². The molecule has 0 spiro atoms. The van der Waals surface area contributed by atoms with E-state index in [1.54, 1.807) is 13.2 Å². The number of nitrogen functional groups attached to an aromatic ring is 1. The van der Waals surface area contributed by atoms with Crippen molar-refractivity contribution < 1.29 is 9.13 Å². The van der Waals surface area contributed by atoms with Crippen LogP contribution in [-0.2, 0) is 0 Å². The minimum absolute atomic E-state index is 0.351. The number of hydrogen-bond donors (Lipinski definition) is 2. The number of methoxy groups -OCH3 is 1. The van der Waals surface area contributed by atoms with Gasteiger partial charge in [-0.05, 0) is 49.2 Å². The Morgan fingerprint density at radius 2 is 1.89 bits per heavy atom. The summed E-state index contributed by atoms with van der Waals surface area (Å²) in [4.78, 5) is 0. The van der Waals surface area contributed by atoms with E-state index in [0.29, 0.717) is 11.4 Å². The van der Waals surface area contributed by atoms with Crippen LogP contribution in [0, 0.1) is 19.7 Å². The van der Waals surface area contributed by atoms with E-state index in [9.17, 15) is 4.39 Å². The molecule has 0 saturated heterocycles. The van der Waals surface area contributed by atoms with Gasteiger partial charge in [-0.3, -0.25) is 0 Å². The maximum absolute atomic E-state index is 13.0. The zero-order valence-corrected chi connectivity index (χ0v) is 11.3. The normalized spacial score (nSPS) is 10.3. The molecule has 0 heterocycles. The summed E-state index contributed by atoms with van der Waals surface area (Å²) in [6.45, 7) is 3.99. The predicted molar refractivity (Wildman–Crippen MR) is 76.6 cm³/mol. The number of nitrogens with one attached hydrogen (secondary N) is 1. The van der Waals surface area contributed by atoms with Crippen LogP contribution in [0.15, 0.2) is 30.3 Å². The van der Waals surface area contributed by atoms with Crippen LogP contribution in [-0.4, -0.2) is 7.11 Å². The Morgan fingerprint density at radius 3 is 2.53 bits per heavy atom. The third-order valence-corrected chi connectivity index (χ3v) is 2.94. The highest BCUT2D eigenvalue weighted by atomic mass is 19.1. The Kier molecular flexibility index (Phi) is 3.60. The lowest BCUT2D eigenvalue weighted by Gasteiger charge is -2.16. The third-order valence-electron chi connectivity index (χ3n) is 2.94. The molecule has 0 aliphatic carbocycles. The highest BCUT2D eigenvalue weighted by Crippen LogP contribution is 2.34. The molecular formula is C15H17FN2O. The molecular weight excluding hydrogens is 243 g/mol. The number of anilines is 3. The van der Waals surface area contributed by atoms with Gasteiger partial charge in [0.1, 0.15) is 11.6 Å². The van der Waals surface area contributed by atoms with Crippen molar-refractivity contribution in [3.63, 3.8) is 0 Å². The van der Waals surface area contributed by atoms with Crippen LogP contribution in [0.25, 0.3) is 0 Å². The van der Waals surface area contributed by atoms with Crippen molar-refractivity contribution in [2.75, 3.05) is 18.2 Å². The van der Waals surface area contributed by atoms with Crippen molar-refractivity contribution in [2.45, 2.75) is 13.8 Å². The molecule has 3 nitrogen and oxygen atoms in total. The fourth-order valence-corrected chi connectivity index (χ4v) is 2.03. The van der Waals surface area contributed by atoms with E-state index >= 15 is 0 Å². The van der Waals surface area contributed by atoms with Crippen LogP contribution in [0.4, 0.5) is 21.5 Å². The summed E-state index contributed by atoms with van der Waals surface area (Å²) in [5.41, 5.74) is 9.82. The van der Waals surface area contributed by atoms with E-state index in [4.69, 9.17) is 10.5 Å². The summed E-state index contributed by atoms with van der Waals surface area (Å²) in [7, 11) is 1.62. The SMILES string of the molecule is COc1cc(C)cc(C)c1Nc1ccc(F)cc1N. The van der Waals surface area contributed by atoms with Gasteiger partial charge >= 0.3 is 0 Å². The lowest BCUT2D eigenvalue weighted by atomic mass is 10.1. The molecule has 2 aromatic rings. The van der Waals surface area contributed by atoms with E-state index in [1.807, 2.05) is 26.0 Å². The predicted octanol–water partition coefficient (Wildman–Crippen LogP) is 3.78. The molecule has 100 valence electrons. The van der Waals surface area contributed by atoms with Crippen molar-refractivity contribution in [1.29, 1.82) is 0 Å². The summed E-state index contributed by atoms with van der Waals surface area (Å²) in [6, 6.07) is 8.26. The quantitative estimate of drug-likeness (QED) is 0.826. The smallest absolute Gasteiger partial charge is 0.142 e. The highest BCUT2D eigenvalue weighted by Gasteiger charge is 2.09. The second-order valence-electron chi connectivity index (χ2n) is 4.52. The summed E-state index contributed by atoms with van der Waals surface area (Å²) >= 11 is 0. The molecule has 0 radical (unpaired) electrons. The van der Waals surface area contributed by atoms with Gasteiger partial charge in [0.05, 0.1) is 24.2 Å². The molecule has 0 fully saturated rings. The largest absolute Gasteiger partial charge is 0.495 e. The second kappa shape index (κ2) is 5.18. The molecule has 0 amide bonds. The first-order chi connectivity index (χ1) is 9.01. The van der Waals surface area contributed by atoms with Crippen LogP contribution in [0.5, 0.6) is 5.75 Å². The molecule has 0 saturated carbocycles. The lowest BCUT2D eigenvalue weighted by Crippen LogP contribution is -2.01.